The van der Waals surface area contributed by atoms with E-state index >= 15 is 0 Å². The number of hydrogen-bond donors (Lipinski definition) is 1. The highest BCUT2D eigenvalue weighted by Crippen LogP contribution is 2.29. The summed E-state index contributed by atoms with van der Waals surface area (Å²) >= 11 is 5.97. The minimum absolute atomic E-state index is 0.348. The van der Waals surface area contributed by atoms with Gasteiger partial charge in [0, 0.05) is 19.1 Å². The predicted octanol–water partition coefficient (Wildman–Crippen LogP) is 2.03. The van der Waals surface area contributed by atoms with Crippen molar-refractivity contribution in [3.8, 4) is 5.75 Å². The highest BCUT2D eigenvalue weighted by molar-refractivity contribution is 6.31. The fourth-order valence-corrected chi connectivity index (χ4v) is 2.43. The lowest BCUT2D eigenvalue weighted by atomic mass is 10.1. The molecule has 0 saturated carbocycles. The molecule has 0 radical (unpaired) electrons. The molecule has 18 heavy (non-hydrogen) atoms. The van der Waals surface area contributed by atoms with E-state index in [1.54, 1.807) is 7.11 Å². The quantitative estimate of drug-likeness (QED) is 0.849. The average molecular weight is 271 g/mol. The van der Waals surface area contributed by atoms with Gasteiger partial charge in [-0.05, 0) is 19.4 Å². The van der Waals surface area contributed by atoms with E-state index in [0.717, 1.165) is 32.5 Å². The van der Waals surface area contributed by atoms with Crippen LogP contribution >= 0.6 is 11.6 Å². The van der Waals surface area contributed by atoms with Crippen LogP contribution in [0.25, 0.3) is 0 Å². The molecule has 2 heterocycles. The Hall–Kier alpha value is -1.07. The number of piperidine rings is 1. The molecular weight excluding hydrogens is 252 g/mol. The van der Waals surface area contributed by atoms with Crippen molar-refractivity contribution in [1.82, 2.24) is 14.9 Å². The zero-order valence-electron chi connectivity index (χ0n) is 10.8. The van der Waals surface area contributed by atoms with Crippen LogP contribution in [-0.2, 0) is 0 Å². The number of halogens is 1. The molecule has 1 aromatic rings. The van der Waals surface area contributed by atoms with Crippen molar-refractivity contribution >= 4 is 17.4 Å². The number of aromatic nitrogens is 2. The monoisotopic (exact) mass is 270 g/mol. The number of likely N-dealkylation sites (tertiary alicyclic amines) is 1. The summed E-state index contributed by atoms with van der Waals surface area (Å²) in [6, 6.07) is 0.424. The van der Waals surface area contributed by atoms with E-state index < -0.39 is 0 Å². The maximum atomic E-state index is 5.97. The van der Waals surface area contributed by atoms with Crippen molar-refractivity contribution in [2.45, 2.75) is 25.8 Å². The first-order chi connectivity index (χ1) is 8.74. The van der Waals surface area contributed by atoms with Crippen LogP contribution in [0.4, 0.5) is 5.82 Å². The fourth-order valence-electron chi connectivity index (χ4n) is 2.22. The van der Waals surface area contributed by atoms with E-state index in [1.165, 1.54) is 6.33 Å². The Balaban J connectivity index is 2.00. The van der Waals surface area contributed by atoms with Crippen molar-refractivity contribution in [2.24, 2.45) is 0 Å². The second-order valence-corrected chi connectivity index (χ2v) is 4.76. The van der Waals surface area contributed by atoms with Gasteiger partial charge >= 0.3 is 0 Å². The third kappa shape index (κ3) is 3.03. The molecule has 6 heteroatoms. The maximum absolute atomic E-state index is 5.97. The Morgan fingerprint density at radius 3 is 2.78 bits per heavy atom. The minimum atomic E-state index is 0.348. The van der Waals surface area contributed by atoms with Gasteiger partial charge < -0.3 is 15.0 Å². The van der Waals surface area contributed by atoms with Crippen LogP contribution in [0.3, 0.4) is 0 Å². The third-order valence-electron chi connectivity index (χ3n) is 3.34. The average Bonchev–Trinajstić information content (AvgIpc) is 2.40. The molecule has 2 rings (SSSR count). The van der Waals surface area contributed by atoms with E-state index in [2.05, 4.69) is 27.1 Å². The molecule has 0 unspecified atom stereocenters. The van der Waals surface area contributed by atoms with Gasteiger partial charge in [-0.2, -0.15) is 0 Å². The van der Waals surface area contributed by atoms with Gasteiger partial charge in [-0.25, -0.2) is 9.97 Å². The summed E-state index contributed by atoms with van der Waals surface area (Å²) in [4.78, 5) is 10.6. The lowest BCUT2D eigenvalue weighted by Gasteiger charge is -2.31. The molecule has 5 nitrogen and oxygen atoms in total. The molecule has 1 saturated heterocycles. The van der Waals surface area contributed by atoms with Gasteiger partial charge in [0.25, 0.3) is 0 Å². The van der Waals surface area contributed by atoms with E-state index in [-0.39, 0.29) is 0 Å². The number of ether oxygens (including phenoxy) is 1. The zero-order valence-corrected chi connectivity index (χ0v) is 11.6. The van der Waals surface area contributed by atoms with Gasteiger partial charge in [-0.15, -0.1) is 0 Å². The highest BCUT2D eigenvalue weighted by atomic mass is 35.5. The first kappa shape index (κ1) is 13.4. The molecule has 0 amide bonds. The molecule has 1 aliphatic rings. The largest absolute Gasteiger partial charge is 0.490 e. The van der Waals surface area contributed by atoms with Gasteiger partial charge in [0.05, 0.1) is 7.11 Å². The molecule has 0 bridgehead atoms. The molecule has 1 aromatic heterocycles. The molecule has 1 aliphatic heterocycles. The van der Waals surface area contributed by atoms with Gasteiger partial charge in [0.1, 0.15) is 6.33 Å². The fraction of sp³-hybridized carbons (Fsp3) is 0.667. The van der Waals surface area contributed by atoms with Crippen molar-refractivity contribution in [3.05, 3.63) is 11.5 Å². The van der Waals surface area contributed by atoms with Gasteiger partial charge in [-0.3, -0.25) is 0 Å². The van der Waals surface area contributed by atoms with Crippen molar-refractivity contribution in [2.75, 3.05) is 32.1 Å². The molecule has 100 valence electrons. The van der Waals surface area contributed by atoms with E-state index in [4.69, 9.17) is 16.3 Å². The van der Waals surface area contributed by atoms with Crippen LogP contribution in [0.15, 0.2) is 6.33 Å². The smallest absolute Gasteiger partial charge is 0.198 e. The van der Waals surface area contributed by atoms with E-state index in [1.807, 2.05) is 0 Å². The summed E-state index contributed by atoms with van der Waals surface area (Å²) in [7, 11) is 1.58. The van der Waals surface area contributed by atoms with Gasteiger partial charge in [0.15, 0.2) is 16.7 Å². The second kappa shape index (κ2) is 6.20. The summed E-state index contributed by atoms with van der Waals surface area (Å²) in [6.45, 7) is 5.56. The first-order valence-corrected chi connectivity index (χ1v) is 6.65. The number of methoxy groups -OCH3 is 1. The number of rotatable bonds is 4. The number of hydrogen-bond acceptors (Lipinski definition) is 5. The van der Waals surface area contributed by atoms with Crippen LogP contribution < -0.4 is 10.1 Å². The summed E-state index contributed by atoms with van der Waals surface area (Å²) in [5.74, 6) is 1.21. The Labute approximate surface area is 113 Å². The molecule has 0 spiro atoms. The summed E-state index contributed by atoms with van der Waals surface area (Å²) < 4.78 is 5.23. The lowest BCUT2D eigenvalue weighted by Crippen LogP contribution is -2.39. The summed E-state index contributed by atoms with van der Waals surface area (Å²) in [5.41, 5.74) is 0. The SMILES string of the molecule is CCN1CCC(Nc2ncnc(Cl)c2OC)CC1. The van der Waals surface area contributed by atoms with Crippen molar-refractivity contribution < 1.29 is 4.74 Å². The molecular formula is C12H19ClN4O. The number of nitrogens with zero attached hydrogens (tertiary/aromatic N) is 3. The summed E-state index contributed by atoms with van der Waals surface area (Å²) in [6.07, 6.45) is 3.67. The summed E-state index contributed by atoms with van der Waals surface area (Å²) in [5, 5.41) is 3.75. The van der Waals surface area contributed by atoms with Crippen LogP contribution in [-0.4, -0.2) is 47.7 Å². The molecule has 1 fully saturated rings. The third-order valence-corrected chi connectivity index (χ3v) is 3.61. The van der Waals surface area contributed by atoms with Gasteiger partial charge in [-0.1, -0.05) is 18.5 Å². The topological polar surface area (TPSA) is 50.3 Å². The maximum Gasteiger partial charge on any atom is 0.198 e. The van der Waals surface area contributed by atoms with Crippen LogP contribution in [0.1, 0.15) is 19.8 Å². The number of anilines is 1. The van der Waals surface area contributed by atoms with E-state index in [0.29, 0.717) is 22.8 Å². The van der Waals surface area contributed by atoms with Crippen LogP contribution in [0.2, 0.25) is 5.15 Å². The zero-order chi connectivity index (χ0) is 13.0. The Bertz CT molecular complexity index is 394. The molecule has 0 aromatic carbocycles. The molecule has 0 atom stereocenters. The lowest BCUT2D eigenvalue weighted by molar-refractivity contribution is 0.229. The van der Waals surface area contributed by atoms with Crippen molar-refractivity contribution in [3.63, 3.8) is 0 Å². The Morgan fingerprint density at radius 2 is 2.17 bits per heavy atom. The highest BCUT2D eigenvalue weighted by Gasteiger charge is 2.20. The standard InChI is InChI=1S/C12H19ClN4O/c1-3-17-6-4-9(5-7-17)16-12-10(18-2)11(13)14-8-15-12/h8-9H,3-7H2,1-2H3,(H,14,15,16). The van der Waals surface area contributed by atoms with E-state index in [9.17, 15) is 0 Å². The normalized spacial score (nSPS) is 17.7. The Kier molecular flexibility index (Phi) is 4.60. The van der Waals surface area contributed by atoms with Crippen LogP contribution in [0.5, 0.6) is 5.75 Å². The second-order valence-electron chi connectivity index (χ2n) is 4.40. The first-order valence-electron chi connectivity index (χ1n) is 6.28. The molecule has 1 N–H and O–H groups in total. The van der Waals surface area contributed by atoms with Crippen LogP contribution in [0, 0.1) is 0 Å². The predicted molar refractivity (Wildman–Crippen MR) is 72.4 cm³/mol. The molecule has 0 aliphatic carbocycles. The number of nitrogens with one attached hydrogen (secondary N) is 1. The van der Waals surface area contributed by atoms with Crippen molar-refractivity contribution in [1.29, 1.82) is 0 Å². The minimum Gasteiger partial charge on any atom is -0.490 e. The Morgan fingerprint density at radius 1 is 1.44 bits per heavy atom. The van der Waals surface area contributed by atoms with Gasteiger partial charge in [0.2, 0.25) is 0 Å².